The number of amides is 1. The van der Waals surface area contributed by atoms with E-state index in [-0.39, 0.29) is 5.91 Å². The van der Waals surface area contributed by atoms with Crippen LogP contribution < -0.4 is 9.64 Å². The molecule has 4 aromatic rings. The Bertz CT molecular complexity index is 1360. The molecule has 2 aromatic heterocycles. The van der Waals surface area contributed by atoms with Crippen molar-refractivity contribution in [1.82, 2.24) is 29.9 Å². The molecule has 0 radical (unpaired) electrons. The maximum Gasteiger partial charge on any atom is 0.256 e. The monoisotopic (exact) mass is 455 g/mol. The second kappa shape index (κ2) is 8.09. The summed E-state index contributed by atoms with van der Waals surface area (Å²) in [6.07, 6.45) is 5.07. The molecule has 34 heavy (non-hydrogen) atoms. The number of rotatable bonds is 4. The van der Waals surface area contributed by atoms with E-state index in [1.165, 1.54) is 4.80 Å². The van der Waals surface area contributed by atoms with Crippen LogP contribution in [0.3, 0.4) is 0 Å². The number of carbonyl (C=O) groups is 1. The van der Waals surface area contributed by atoms with E-state index >= 15 is 0 Å². The van der Waals surface area contributed by atoms with E-state index in [2.05, 4.69) is 20.1 Å². The van der Waals surface area contributed by atoms with Crippen molar-refractivity contribution in [2.75, 3.05) is 38.2 Å². The van der Waals surface area contributed by atoms with Gasteiger partial charge in [-0.2, -0.15) is 15.0 Å². The van der Waals surface area contributed by atoms with Gasteiger partial charge in [-0.3, -0.25) is 4.79 Å². The number of hydrogen-bond donors (Lipinski definition) is 0. The van der Waals surface area contributed by atoms with Crippen LogP contribution in [0, 0.1) is 18.8 Å². The number of fused-ring (bicyclic) bond motifs is 2. The van der Waals surface area contributed by atoms with E-state index in [4.69, 9.17) is 9.72 Å². The SMILES string of the molecule is COc1cccc2nc(N3CC4CN(C(=O)c5cc(C)ccc5-n5nccn5)CC4C3)ncc12. The minimum atomic E-state index is 0.0333. The smallest absolute Gasteiger partial charge is 0.256 e. The van der Waals surface area contributed by atoms with Crippen LogP contribution in [0.1, 0.15) is 15.9 Å². The van der Waals surface area contributed by atoms with Gasteiger partial charge in [-0.15, -0.1) is 0 Å². The fourth-order valence-electron chi connectivity index (χ4n) is 5.18. The lowest BCUT2D eigenvalue weighted by molar-refractivity contribution is 0.0782. The van der Waals surface area contributed by atoms with Gasteiger partial charge in [0.05, 0.1) is 41.7 Å². The third-order valence-electron chi connectivity index (χ3n) is 6.87. The second-order valence-corrected chi connectivity index (χ2v) is 9.04. The lowest BCUT2D eigenvalue weighted by Gasteiger charge is -2.23. The third-order valence-corrected chi connectivity index (χ3v) is 6.87. The molecule has 0 saturated carbocycles. The zero-order valence-corrected chi connectivity index (χ0v) is 19.1. The van der Waals surface area contributed by atoms with E-state index in [0.29, 0.717) is 23.1 Å². The number of likely N-dealkylation sites (tertiary alicyclic amines) is 1. The normalized spacial score (nSPS) is 19.6. The molecule has 2 aliphatic rings. The zero-order valence-electron chi connectivity index (χ0n) is 19.1. The predicted octanol–water partition coefficient (Wildman–Crippen LogP) is 2.74. The summed E-state index contributed by atoms with van der Waals surface area (Å²) in [4.78, 5) is 28.6. The van der Waals surface area contributed by atoms with Gasteiger partial charge in [0, 0.05) is 44.2 Å². The number of carbonyl (C=O) groups excluding carboxylic acids is 1. The average Bonchev–Trinajstić information content (AvgIpc) is 3.60. The first kappa shape index (κ1) is 20.6. The number of nitrogens with zero attached hydrogens (tertiary/aromatic N) is 7. The van der Waals surface area contributed by atoms with Crippen LogP contribution in [0.15, 0.2) is 55.0 Å². The lowest BCUT2D eigenvalue weighted by atomic mass is 10.0. The molecule has 2 saturated heterocycles. The van der Waals surface area contributed by atoms with Crippen molar-refractivity contribution < 1.29 is 9.53 Å². The average molecular weight is 456 g/mol. The maximum absolute atomic E-state index is 13.5. The maximum atomic E-state index is 13.5. The van der Waals surface area contributed by atoms with Crippen molar-refractivity contribution in [3.8, 4) is 11.4 Å². The molecule has 2 aromatic carbocycles. The highest BCUT2D eigenvalue weighted by atomic mass is 16.5. The first-order valence-electron chi connectivity index (χ1n) is 11.4. The number of anilines is 1. The summed E-state index contributed by atoms with van der Waals surface area (Å²) in [6.45, 7) is 5.12. The molecule has 6 rings (SSSR count). The molecule has 2 unspecified atom stereocenters. The summed E-state index contributed by atoms with van der Waals surface area (Å²) in [7, 11) is 1.66. The molecule has 0 N–H and O–H groups in total. The molecule has 1 amide bonds. The Labute approximate surface area is 197 Å². The topological polar surface area (TPSA) is 89.3 Å². The fourth-order valence-corrected chi connectivity index (χ4v) is 5.18. The zero-order chi connectivity index (χ0) is 23.2. The molecule has 0 bridgehead atoms. The van der Waals surface area contributed by atoms with Crippen molar-refractivity contribution in [1.29, 1.82) is 0 Å². The molecular formula is C25H25N7O2. The van der Waals surface area contributed by atoms with Crippen LogP contribution in [0.25, 0.3) is 16.6 Å². The van der Waals surface area contributed by atoms with Gasteiger partial charge in [0.2, 0.25) is 5.95 Å². The molecule has 172 valence electrons. The molecule has 4 heterocycles. The Balaban J connectivity index is 1.19. The Kier molecular flexibility index (Phi) is 4.90. The van der Waals surface area contributed by atoms with Crippen LogP contribution in [-0.4, -0.2) is 69.1 Å². The first-order valence-corrected chi connectivity index (χ1v) is 11.4. The van der Waals surface area contributed by atoms with Crippen LogP contribution >= 0.6 is 0 Å². The number of benzene rings is 2. The van der Waals surface area contributed by atoms with Gasteiger partial charge in [0.15, 0.2) is 0 Å². The first-order chi connectivity index (χ1) is 16.6. The van der Waals surface area contributed by atoms with E-state index in [0.717, 1.165) is 54.3 Å². The van der Waals surface area contributed by atoms with Crippen LogP contribution in [0.5, 0.6) is 5.75 Å². The summed E-state index contributed by atoms with van der Waals surface area (Å²) in [6, 6.07) is 11.7. The van der Waals surface area contributed by atoms with Crippen molar-refractivity contribution in [3.05, 3.63) is 66.1 Å². The van der Waals surface area contributed by atoms with Gasteiger partial charge in [0.25, 0.3) is 5.91 Å². The van der Waals surface area contributed by atoms with E-state index < -0.39 is 0 Å². The molecule has 0 spiro atoms. The molecule has 9 nitrogen and oxygen atoms in total. The number of hydrogen-bond acceptors (Lipinski definition) is 7. The Morgan fingerprint density at radius 1 is 1.03 bits per heavy atom. The van der Waals surface area contributed by atoms with Gasteiger partial charge in [0.1, 0.15) is 5.75 Å². The molecule has 0 aliphatic carbocycles. The van der Waals surface area contributed by atoms with Crippen molar-refractivity contribution in [2.24, 2.45) is 11.8 Å². The van der Waals surface area contributed by atoms with E-state index in [1.807, 2.05) is 54.4 Å². The highest BCUT2D eigenvalue weighted by Crippen LogP contribution is 2.35. The standard InChI is InChI=1S/C25H25N7O2/c1-16-6-7-22(32-27-8-9-28-32)19(10-16)24(33)30-12-17-14-31(15-18(17)13-30)25-26-11-20-21(29-25)4-3-5-23(20)34-2/h3-11,17-18H,12-15H2,1-2H3. The largest absolute Gasteiger partial charge is 0.496 e. The summed E-state index contributed by atoms with van der Waals surface area (Å²) in [5.74, 6) is 2.33. The van der Waals surface area contributed by atoms with Crippen molar-refractivity contribution in [3.63, 3.8) is 0 Å². The number of methoxy groups -OCH3 is 1. The van der Waals surface area contributed by atoms with Crippen molar-refractivity contribution in [2.45, 2.75) is 6.92 Å². The summed E-state index contributed by atoms with van der Waals surface area (Å²) >= 11 is 0. The minimum Gasteiger partial charge on any atom is -0.496 e. The molecule has 2 fully saturated rings. The fraction of sp³-hybridized carbons (Fsp3) is 0.320. The minimum absolute atomic E-state index is 0.0333. The summed E-state index contributed by atoms with van der Waals surface area (Å²) in [5.41, 5.74) is 3.26. The van der Waals surface area contributed by atoms with Gasteiger partial charge in [-0.25, -0.2) is 9.97 Å². The Hall–Kier alpha value is -4.01. The Morgan fingerprint density at radius 2 is 1.79 bits per heavy atom. The van der Waals surface area contributed by atoms with Crippen LogP contribution in [0.4, 0.5) is 5.95 Å². The highest BCUT2D eigenvalue weighted by molar-refractivity contribution is 5.98. The number of aryl methyl sites for hydroxylation is 1. The van der Waals surface area contributed by atoms with Crippen molar-refractivity contribution >= 4 is 22.8 Å². The highest BCUT2D eigenvalue weighted by Gasteiger charge is 2.43. The molecular weight excluding hydrogens is 430 g/mol. The van der Waals surface area contributed by atoms with Gasteiger partial charge < -0.3 is 14.5 Å². The second-order valence-electron chi connectivity index (χ2n) is 9.04. The molecule has 2 aliphatic heterocycles. The summed E-state index contributed by atoms with van der Waals surface area (Å²) < 4.78 is 5.42. The number of aromatic nitrogens is 5. The predicted molar refractivity (Wildman–Crippen MR) is 127 cm³/mol. The molecule has 2 atom stereocenters. The van der Waals surface area contributed by atoms with E-state index in [1.54, 1.807) is 19.5 Å². The van der Waals surface area contributed by atoms with Gasteiger partial charge in [-0.1, -0.05) is 17.7 Å². The Morgan fingerprint density at radius 3 is 2.53 bits per heavy atom. The number of ether oxygens (including phenoxy) is 1. The summed E-state index contributed by atoms with van der Waals surface area (Å²) in [5, 5.41) is 9.36. The van der Waals surface area contributed by atoms with Gasteiger partial charge in [-0.05, 0) is 31.2 Å². The molecule has 9 heteroatoms. The lowest BCUT2D eigenvalue weighted by Crippen LogP contribution is -2.34. The van der Waals surface area contributed by atoms with Crippen LogP contribution in [-0.2, 0) is 0 Å². The van der Waals surface area contributed by atoms with Gasteiger partial charge >= 0.3 is 0 Å². The van der Waals surface area contributed by atoms with E-state index in [9.17, 15) is 4.79 Å². The third kappa shape index (κ3) is 3.44. The van der Waals surface area contributed by atoms with Crippen LogP contribution in [0.2, 0.25) is 0 Å². The quantitative estimate of drug-likeness (QED) is 0.467.